The first-order valence-corrected chi connectivity index (χ1v) is 11.2. The number of hydrogen-bond donors (Lipinski definition) is 3. The molecular formula is C24H27ClN2O6. The van der Waals surface area contributed by atoms with Crippen LogP contribution in [-0.4, -0.2) is 55.6 Å². The summed E-state index contributed by atoms with van der Waals surface area (Å²) in [6.07, 6.45) is -0.514. The van der Waals surface area contributed by atoms with E-state index in [1.165, 1.54) is 7.11 Å². The summed E-state index contributed by atoms with van der Waals surface area (Å²) in [7, 11) is 1.46. The fourth-order valence-corrected chi connectivity index (χ4v) is 4.50. The molecule has 2 aromatic rings. The van der Waals surface area contributed by atoms with Gasteiger partial charge in [0.25, 0.3) is 0 Å². The van der Waals surface area contributed by atoms with Gasteiger partial charge in [0.1, 0.15) is 24.6 Å². The number of carbonyl (C=O) groups is 2. The van der Waals surface area contributed by atoms with Crippen LogP contribution in [0.2, 0.25) is 5.02 Å². The van der Waals surface area contributed by atoms with Crippen molar-refractivity contribution in [2.45, 2.75) is 43.6 Å². The molecule has 2 aliphatic heterocycles. The van der Waals surface area contributed by atoms with Crippen molar-refractivity contribution >= 4 is 29.1 Å². The van der Waals surface area contributed by atoms with E-state index in [-0.39, 0.29) is 49.6 Å². The summed E-state index contributed by atoms with van der Waals surface area (Å²) in [5, 5.41) is 16.2. The van der Waals surface area contributed by atoms with Gasteiger partial charge in [-0.2, -0.15) is 0 Å². The first kappa shape index (κ1) is 23.5. The van der Waals surface area contributed by atoms with Gasteiger partial charge in [-0.15, -0.1) is 0 Å². The van der Waals surface area contributed by atoms with Gasteiger partial charge in [-0.1, -0.05) is 23.7 Å². The standard InChI is InChI=1S/C24H27ClN2O6/c1-31-13-23(30)27-16-6-7-20-18(8-16)19-9-17(32-21(12-28)24(19)33-20)10-22(29)26-11-14-2-4-15(25)5-3-14/h2-8,17,19,21,24,28H,9-13H2,1H3,(H,26,29)(H,27,30)/t17-,19-,21-,24+/m0/s1. The predicted molar refractivity (Wildman–Crippen MR) is 122 cm³/mol. The lowest BCUT2D eigenvalue weighted by molar-refractivity contribution is -0.142. The molecule has 3 N–H and O–H groups in total. The van der Waals surface area contributed by atoms with E-state index in [0.717, 1.165) is 11.1 Å². The molecule has 2 amide bonds. The first-order chi connectivity index (χ1) is 16.0. The average molecular weight is 475 g/mol. The molecule has 1 saturated heterocycles. The number of hydrogen-bond acceptors (Lipinski definition) is 6. The Hall–Kier alpha value is -2.65. The summed E-state index contributed by atoms with van der Waals surface area (Å²) in [6, 6.07) is 12.7. The van der Waals surface area contributed by atoms with Gasteiger partial charge < -0.3 is 30.0 Å². The Labute approximate surface area is 197 Å². The van der Waals surface area contributed by atoms with Crippen molar-refractivity contribution < 1.29 is 28.9 Å². The molecule has 9 heteroatoms. The van der Waals surface area contributed by atoms with Gasteiger partial charge in [0.15, 0.2) is 0 Å². The van der Waals surface area contributed by atoms with Gasteiger partial charge in [-0.3, -0.25) is 9.59 Å². The summed E-state index contributed by atoms with van der Waals surface area (Å²) in [5.41, 5.74) is 2.53. The van der Waals surface area contributed by atoms with Gasteiger partial charge in [0, 0.05) is 35.8 Å². The second kappa shape index (κ2) is 10.5. The van der Waals surface area contributed by atoms with Crippen LogP contribution in [0.5, 0.6) is 5.75 Å². The van der Waals surface area contributed by atoms with Crippen molar-refractivity contribution in [1.29, 1.82) is 0 Å². The van der Waals surface area contributed by atoms with E-state index in [4.69, 9.17) is 25.8 Å². The van der Waals surface area contributed by atoms with E-state index in [1.807, 2.05) is 18.2 Å². The maximum absolute atomic E-state index is 12.6. The van der Waals surface area contributed by atoms with E-state index in [9.17, 15) is 14.7 Å². The third-order valence-electron chi connectivity index (χ3n) is 5.87. The number of rotatable bonds is 8. The Morgan fingerprint density at radius 1 is 1.18 bits per heavy atom. The quantitative estimate of drug-likeness (QED) is 0.543. The van der Waals surface area contributed by atoms with Crippen LogP contribution in [0.15, 0.2) is 42.5 Å². The third kappa shape index (κ3) is 5.65. The van der Waals surface area contributed by atoms with Crippen LogP contribution in [0.4, 0.5) is 5.69 Å². The maximum atomic E-state index is 12.6. The molecule has 0 unspecified atom stereocenters. The van der Waals surface area contributed by atoms with Crippen molar-refractivity contribution in [3.05, 3.63) is 58.6 Å². The van der Waals surface area contributed by atoms with Gasteiger partial charge in [0.2, 0.25) is 11.8 Å². The topological polar surface area (TPSA) is 106 Å². The van der Waals surface area contributed by atoms with Crippen LogP contribution in [-0.2, 0) is 25.6 Å². The molecule has 4 atom stereocenters. The van der Waals surface area contributed by atoms with Crippen molar-refractivity contribution in [1.82, 2.24) is 5.32 Å². The lowest BCUT2D eigenvalue weighted by Gasteiger charge is -2.37. The number of aliphatic hydroxyl groups is 1. The number of carbonyl (C=O) groups excluding carboxylic acids is 2. The van der Waals surface area contributed by atoms with Gasteiger partial charge >= 0.3 is 0 Å². The highest BCUT2D eigenvalue weighted by Crippen LogP contribution is 2.47. The predicted octanol–water partition coefficient (Wildman–Crippen LogP) is 2.63. The van der Waals surface area contributed by atoms with E-state index >= 15 is 0 Å². The van der Waals surface area contributed by atoms with Gasteiger partial charge in [-0.05, 0) is 42.3 Å². The number of anilines is 1. The second-order valence-electron chi connectivity index (χ2n) is 8.24. The summed E-state index contributed by atoms with van der Waals surface area (Å²) >= 11 is 5.90. The summed E-state index contributed by atoms with van der Waals surface area (Å²) in [4.78, 5) is 24.4. The maximum Gasteiger partial charge on any atom is 0.250 e. The zero-order chi connectivity index (χ0) is 23.4. The minimum atomic E-state index is -0.545. The zero-order valence-electron chi connectivity index (χ0n) is 18.3. The van der Waals surface area contributed by atoms with Gasteiger partial charge in [-0.25, -0.2) is 0 Å². The number of fused-ring (bicyclic) bond motifs is 3. The van der Waals surface area contributed by atoms with E-state index < -0.39 is 6.10 Å². The number of benzene rings is 2. The minimum Gasteiger partial charge on any atom is -0.487 e. The SMILES string of the molecule is COCC(=O)Nc1ccc2c(c1)[C@@H]1C[C@@H](CC(=O)NCc3ccc(Cl)cc3)O[C@@H](CO)[C@@H]1O2. The molecule has 176 valence electrons. The van der Waals surface area contributed by atoms with E-state index in [2.05, 4.69) is 10.6 Å². The Morgan fingerprint density at radius 2 is 1.97 bits per heavy atom. The van der Waals surface area contributed by atoms with Crippen LogP contribution in [0.1, 0.15) is 29.9 Å². The monoisotopic (exact) mass is 474 g/mol. The molecule has 0 spiro atoms. The highest BCUT2D eigenvalue weighted by molar-refractivity contribution is 6.30. The Balaban J connectivity index is 1.41. The van der Waals surface area contributed by atoms with Crippen LogP contribution in [0.25, 0.3) is 0 Å². The Bertz CT molecular complexity index is 999. The number of halogens is 1. The number of methoxy groups -OCH3 is 1. The largest absolute Gasteiger partial charge is 0.487 e. The molecule has 4 rings (SSSR count). The molecule has 0 aliphatic carbocycles. The fraction of sp³-hybridized carbons (Fsp3) is 0.417. The Kier molecular flexibility index (Phi) is 7.49. The van der Waals surface area contributed by atoms with Crippen LogP contribution >= 0.6 is 11.6 Å². The highest BCUT2D eigenvalue weighted by Gasteiger charge is 2.46. The lowest BCUT2D eigenvalue weighted by Crippen LogP contribution is -2.47. The zero-order valence-corrected chi connectivity index (χ0v) is 19.0. The van der Waals surface area contributed by atoms with E-state index in [0.29, 0.717) is 29.4 Å². The fourth-order valence-electron chi connectivity index (χ4n) is 4.38. The summed E-state index contributed by atoms with van der Waals surface area (Å²) < 4.78 is 16.9. The first-order valence-electron chi connectivity index (χ1n) is 10.8. The molecule has 2 aromatic carbocycles. The van der Waals surface area contributed by atoms with Crippen LogP contribution < -0.4 is 15.4 Å². The summed E-state index contributed by atoms with van der Waals surface area (Å²) in [6.45, 7) is 0.150. The molecule has 0 saturated carbocycles. The summed E-state index contributed by atoms with van der Waals surface area (Å²) in [5.74, 6) is 0.261. The molecule has 0 radical (unpaired) electrons. The molecule has 0 aromatic heterocycles. The molecular weight excluding hydrogens is 448 g/mol. The highest BCUT2D eigenvalue weighted by atomic mass is 35.5. The number of ether oxygens (including phenoxy) is 3. The van der Waals surface area contributed by atoms with Crippen LogP contribution in [0.3, 0.4) is 0 Å². The molecule has 1 fully saturated rings. The molecule has 8 nitrogen and oxygen atoms in total. The molecule has 2 aliphatic rings. The van der Waals surface area contributed by atoms with Crippen molar-refractivity contribution in [3.8, 4) is 5.75 Å². The second-order valence-corrected chi connectivity index (χ2v) is 8.68. The lowest BCUT2D eigenvalue weighted by atomic mass is 9.84. The van der Waals surface area contributed by atoms with Crippen molar-refractivity contribution in [2.75, 3.05) is 25.6 Å². The smallest absolute Gasteiger partial charge is 0.250 e. The molecule has 0 bridgehead atoms. The number of aliphatic hydroxyl groups excluding tert-OH is 1. The number of nitrogens with one attached hydrogen (secondary N) is 2. The minimum absolute atomic E-state index is 0.0345. The van der Waals surface area contributed by atoms with E-state index in [1.54, 1.807) is 24.3 Å². The van der Waals surface area contributed by atoms with Crippen LogP contribution in [0, 0.1) is 0 Å². The third-order valence-corrected chi connectivity index (χ3v) is 6.13. The molecule has 2 heterocycles. The molecule has 33 heavy (non-hydrogen) atoms. The normalized spacial score (nSPS) is 23.2. The average Bonchev–Trinajstić information content (AvgIpc) is 3.16. The number of amides is 2. The van der Waals surface area contributed by atoms with Crippen molar-refractivity contribution in [2.24, 2.45) is 0 Å². The van der Waals surface area contributed by atoms with Crippen molar-refractivity contribution in [3.63, 3.8) is 0 Å². The Morgan fingerprint density at radius 3 is 2.70 bits per heavy atom. The van der Waals surface area contributed by atoms with Gasteiger partial charge in [0.05, 0.1) is 19.1 Å².